The molecule has 1 saturated heterocycles. The van der Waals surface area contributed by atoms with Crippen molar-refractivity contribution in [3.8, 4) is 0 Å². The fourth-order valence-electron chi connectivity index (χ4n) is 4.03. The number of nitrogens with zero attached hydrogens (tertiary/aromatic N) is 5. The van der Waals surface area contributed by atoms with Gasteiger partial charge in [-0.3, -0.25) is 10.1 Å². The molecule has 2 aliphatic rings. The van der Waals surface area contributed by atoms with E-state index >= 15 is 0 Å². The molecule has 200 valence electrons. The fourth-order valence-corrected chi connectivity index (χ4v) is 4.03. The Hall–Kier alpha value is -3.69. The molecule has 3 heterocycles. The number of urea groups is 1. The highest BCUT2D eigenvalue weighted by Gasteiger charge is 2.39. The van der Waals surface area contributed by atoms with E-state index in [1.165, 1.54) is 16.7 Å². The standard InChI is InChI=1S/C21H20F6N6O4/c1-11(12-6-13(20(22,23)24)8-14(7-12)33(35)36)28-17-15-9-32(19(34)31-2-4-37-5-3-31)10-16(15)29-18(30-17)21(25,26)27/h6-8,11H,2-5,9-10H2,1H3,(H,28,29,30)/t11-/m1/s1. The van der Waals surface area contributed by atoms with Gasteiger partial charge >= 0.3 is 18.4 Å². The molecule has 2 aromatic rings. The second-order valence-electron chi connectivity index (χ2n) is 8.49. The maximum Gasteiger partial charge on any atom is 0.451 e. The summed E-state index contributed by atoms with van der Waals surface area (Å²) in [5.74, 6) is -1.82. The van der Waals surface area contributed by atoms with E-state index < -0.39 is 46.4 Å². The SMILES string of the molecule is C[C@@H](Nc1nc(C(F)(F)F)nc2c1CN(C(=O)N1CCOCC1)C2)c1cc([N+](=O)[O-])cc(C(F)(F)F)c1. The average molecular weight is 534 g/mol. The van der Waals surface area contributed by atoms with Crippen LogP contribution in [0.3, 0.4) is 0 Å². The molecule has 37 heavy (non-hydrogen) atoms. The predicted molar refractivity (Wildman–Crippen MR) is 114 cm³/mol. The lowest BCUT2D eigenvalue weighted by Gasteiger charge is -2.30. The van der Waals surface area contributed by atoms with Crippen molar-refractivity contribution in [1.29, 1.82) is 0 Å². The number of halogens is 6. The zero-order chi connectivity index (χ0) is 27.1. The zero-order valence-electron chi connectivity index (χ0n) is 19.2. The number of nitro groups is 1. The van der Waals surface area contributed by atoms with E-state index in [1.807, 2.05) is 0 Å². The van der Waals surface area contributed by atoms with Gasteiger partial charge in [0, 0.05) is 30.8 Å². The summed E-state index contributed by atoms with van der Waals surface area (Å²) < 4.78 is 85.6. The van der Waals surface area contributed by atoms with Crippen LogP contribution in [0.5, 0.6) is 0 Å². The van der Waals surface area contributed by atoms with Crippen LogP contribution in [-0.4, -0.2) is 57.0 Å². The second-order valence-corrected chi connectivity index (χ2v) is 8.49. The summed E-state index contributed by atoms with van der Waals surface area (Å²) >= 11 is 0. The summed E-state index contributed by atoms with van der Waals surface area (Å²) in [6, 6.07) is 0.390. The monoisotopic (exact) mass is 534 g/mol. The highest BCUT2D eigenvalue weighted by atomic mass is 19.4. The van der Waals surface area contributed by atoms with Crippen LogP contribution in [0.15, 0.2) is 18.2 Å². The van der Waals surface area contributed by atoms with Gasteiger partial charge in [-0.1, -0.05) is 0 Å². The van der Waals surface area contributed by atoms with E-state index in [2.05, 4.69) is 15.3 Å². The Morgan fingerprint density at radius 3 is 2.32 bits per heavy atom. The van der Waals surface area contributed by atoms with Crippen molar-refractivity contribution in [1.82, 2.24) is 19.8 Å². The van der Waals surface area contributed by atoms with Gasteiger partial charge < -0.3 is 19.9 Å². The first kappa shape index (κ1) is 26.4. The molecular formula is C21H20F6N6O4. The molecule has 1 N–H and O–H groups in total. The van der Waals surface area contributed by atoms with Crippen molar-refractivity contribution in [3.63, 3.8) is 0 Å². The number of nitrogens with one attached hydrogen (secondary N) is 1. The van der Waals surface area contributed by atoms with E-state index in [9.17, 15) is 41.3 Å². The third kappa shape index (κ3) is 5.68. The molecule has 0 aliphatic carbocycles. The Morgan fingerprint density at radius 2 is 1.73 bits per heavy atom. The number of alkyl halides is 6. The van der Waals surface area contributed by atoms with Gasteiger partial charge in [0.1, 0.15) is 5.82 Å². The van der Waals surface area contributed by atoms with Crippen LogP contribution >= 0.6 is 0 Å². The van der Waals surface area contributed by atoms with Crippen LogP contribution in [0.2, 0.25) is 0 Å². The molecule has 4 rings (SSSR count). The molecule has 1 atom stereocenters. The number of non-ortho nitro benzene ring substituents is 1. The van der Waals surface area contributed by atoms with Crippen molar-refractivity contribution in [2.45, 2.75) is 38.4 Å². The number of anilines is 1. The van der Waals surface area contributed by atoms with Crippen LogP contribution in [0.25, 0.3) is 0 Å². The van der Waals surface area contributed by atoms with Crippen LogP contribution in [0, 0.1) is 10.1 Å². The Bertz CT molecular complexity index is 1220. The van der Waals surface area contributed by atoms with Crippen molar-refractivity contribution in [2.24, 2.45) is 0 Å². The first-order valence-electron chi connectivity index (χ1n) is 11.0. The molecule has 1 aromatic heterocycles. The van der Waals surface area contributed by atoms with Crippen LogP contribution in [0.1, 0.15) is 41.2 Å². The van der Waals surface area contributed by atoms with Gasteiger partial charge in [0.05, 0.1) is 48.5 Å². The number of aromatic nitrogens is 2. The van der Waals surface area contributed by atoms with Crippen LogP contribution in [-0.2, 0) is 30.2 Å². The number of amides is 2. The quantitative estimate of drug-likeness (QED) is 0.352. The number of hydrogen-bond donors (Lipinski definition) is 1. The molecule has 0 spiro atoms. The Morgan fingerprint density at radius 1 is 1.05 bits per heavy atom. The number of nitro benzene ring substituents is 1. The number of benzene rings is 1. The lowest BCUT2D eigenvalue weighted by Crippen LogP contribution is -2.46. The highest BCUT2D eigenvalue weighted by Crippen LogP contribution is 2.37. The number of fused-ring (bicyclic) bond motifs is 1. The highest BCUT2D eigenvalue weighted by molar-refractivity contribution is 5.76. The molecule has 0 saturated carbocycles. The topological polar surface area (TPSA) is 114 Å². The summed E-state index contributed by atoms with van der Waals surface area (Å²) in [5.41, 5.74) is -2.19. The molecule has 10 nitrogen and oxygen atoms in total. The molecular weight excluding hydrogens is 514 g/mol. The summed E-state index contributed by atoms with van der Waals surface area (Å²) in [6.07, 6.45) is -9.83. The number of morpholine rings is 1. The molecule has 1 fully saturated rings. The second kappa shape index (κ2) is 9.64. The number of ether oxygens (including phenoxy) is 1. The van der Waals surface area contributed by atoms with Gasteiger partial charge in [-0.2, -0.15) is 26.3 Å². The van der Waals surface area contributed by atoms with Gasteiger partial charge in [0.25, 0.3) is 5.69 Å². The van der Waals surface area contributed by atoms with E-state index in [-0.39, 0.29) is 35.7 Å². The molecule has 1 aromatic carbocycles. The van der Waals surface area contributed by atoms with Crippen molar-refractivity contribution >= 4 is 17.5 Å². The largest absolute Gasteiger partial charge is 0.451 e. The zero-order valence-corrected chi connectivity index (χ0v) is 19.2. The van der Waals surface area contributed by atoms with Crippen molar-refractivity contribution < 1.29 is 40.8 Å². The summed E-state index contributed by atoms with van der Waals surface area (Å²) in [5, 5.41) is 13.8. The van der Waals surface area contributed by atoms with E-state index in [0.717, 1.165) is 6.07 Å². The summed E-state index contributed by atoms with van der Waals surface area (Å²) in [4.78, 5) is 32.9. The maximum atomic E-state index is 13.5. The number of carbonyl (C=O) groups excluding carboxylic acids is 1. The van der Waals surface area contributed by atoms with Crippen LogP contribution < -0.4 is 5.32 Å². The Balaban J connectivity index is 1.67. The smallest absolute Gasteiger partial charge is 0.378 e. The van der Waals surface area contributed by atoms with E-state index in [0.29, 0.717) is 38.4 Å². The normalized spacial score (nSPS) is 16.9. The van der Waals surface area contributed by atoms with E-state index in [1.54, 1.807) is 0 Å². The molecule has 2 amide bonds. The maximum absolute atomic E-state index is 13.5. The molecule has 0 bridgehead atoms. The lowest BCUT2D eigenvalue weighted by atomic mass is 10.0. The van der Waals surface area contributed by atoms with E-state index in [4.69, 9.17) is 4.74 Å². The van der Waals surface area contributed by atoms with Gasteiger partial charge in [-0.25, -0.2) is 14.8 Å². The third-order valence-electron chi connectivity index (χ3n) is 5.92. The molecule has 0 unspecified atom stereocenters. The Labute approximate surface area is 205 Å². The molecule has 2 aliphatic heterocycles. The lowest BCUT2D eigenvalue weighted by molar-refractivity contribution is -0.385. The third-order valence-corrected chi connectivity index (χ3v) is 5.92. The predicted octanol–water partition coefficient (Wildman–Crippen LogP) is 4.36. The number of rotatable bonds is 4. The molecule has 16 heteroatoms. The van der Waals surface area contributed by atoms with Crippen LogP contribution in [0.4, 0.5) is 42.6 Å². The van der Waals surface area contributed by atoms with Gasteiger partial charge in [-0.15, -0.1) is 0 Å². The van der Waals surface area contributed by atoms with Crippen molar-refractivity contribution in [2.75, 3.05) is 31.6 Å². The first-order chi connectivity index (χ1) is 17.2. The summed E-state index contributed by atoms with van der Waals surface area (Å²) in [6.45, 7) is 2.21. The van der Waals surface area contributed by atoms with Gasteiger partial charge in [0.15, 0.2) is 0 Å². The number of hydrogen-bond acceptors (Lipinski definition) is 7. The molecule has 0 radical (unpaired) electrons. The van der Waals surface area contributed by atoms with Crippen molar-refractivity contribution in [3.05, 3.63) is 56.5 Å². The van der Waals surface area contributed by atoms with Gasteiger partial charge in [-0.05, 0) is 18.6 Å². The number of carbonyl (C=O) groups is 1. The van der Waals surface area contributed by atoms with Gasteiger partial charge in [0.2, 0.25) is 5.82 Å². The minimum absolute atomic E-state index is 0.0614. The average Bonchev–Trinajstić information content (AvgIpc) is 3.27. The first-order valence-corrected chi connectivity index (χ1v) is 11.0. The Kier molecular flexibility index (Phi) is 6.87. The summed E-state index contributed by atoms with van der Waals surface area (Å²) in [7, 11) is 0. The fraction of sp³-hybridized carbons (Fsp3) is 0.476. The minimum Gasteiger partial charge on any atom is -0.378 e. The minimum atomic E-state index is -4.94.